The zero-order valence-electron chi connectivity index (χ0n) is 11.7. The van der Waals surface area contributed by atoms with Gasteiger partial charge < -0.3 is 11.1 Å². The minimum atomic E-state index is 0.341. The number of rotatable bonds is 5. The van der Waals surface area contributed by atoms with E-state index >= 15 is 0 Å². The Morgan fingerprint density at radius 2 is 2.10 bits per heavy atom. The van der Waals surface area contributed by atoms with Crippen molar-refractivity contribution in [3.63, 3.8) is 0 Å². The monoisotopic (exact) mass is 307 g/mol. The van der Waals surface area contributed by atoms with Crippen LogP contribution in [0.1, 0.15) is 27.5 Å². The number of hydrogen-bond acceptors (Lipinski definition) is 6. The van der Waals surface area contributed by atoms with Crippen molar-refractivity contribution < 1.29 is 0 Å². The summed E-state index contributed by atoms with van der Waals surface area (Å²) >= 11 is 6.77. The van der Waals surface area contributed by atoms with Crippen LogP contribution in [0.25, 0.3) is 0 Å². The van der Waals surface area contributed by atoms with Crippen molar-refractivity contribution in [2.75, 3.05) is 11.9 Å². The molecular formula is C13H17N5S2. The summed E-state index contributed by atoms with van der Waals surface area (Å²) < 4.78 is 0. The molecule has 106 valence electrons. The Balaban J connectivity index is 2.09. The summed E-state index contributed by atoms with van der Waals surface area (Å²) in [6.45, 7) is 6.56. The minimum Gasteiger partial charge on any atom is -0.389 e. The second-order valence-corrected chi connectivity index (χ2v) is 5.94. The predicted octanol–water partition coefficient (Wildman–Crippen LogP) is 2.15. The van der Waals surface area contributed by atoms with Gasteiger partial charge in [-0.05, 0) is 26.3 Å². The molecule has 2 aromatic heterocycles. The van der Waals surface area contributed by atoms with E-state index < -0.39 is 0 Å². The van der Waals surface area contributed by atoms with Crippen LogP contribution in [0.4, 0.5) is 5.82 Å². The minimum absolute atomic E-state index is 0.341. The smallest absolute Gasteiger partial charge is 0.159 e. The van der Waals surface area contributed by atoms with Gasteiger partial charge in [-0.1, -0.05) is 12.2 Å². The number of anilines is 1. The third-order valence-electron chi connectivity index (χ3n) is 3.00. The second kappa shape index (κ2) is 6.23. The summed E-state index contributed by atoms with van der Waals surface area (Å²) in [5.41, 5.74) is 9.43. The Labute approximate surface area is 127 Å². The summed E-state index contributed by atoms with van der Waals surface area (Å²) in [6.07, 6.45) is 0.837. The molecule has 0 amide bonds. The fourth-order valence-electron chi connectivity index (χ4n) is 1.84. The SMILES string of the molecule is Cc1csc(CCNc2nnc(C)c(C)c2C(N)=S)n1. The summed E-state index contributed by atoms with van der Waals surface area (Å²) in [5, 5.41) is 14.7. The first-order valence-corrected chi connectivity index (χ1v) is 7.56. The maximum absolute atomic E-state index is 5.78. The van der Waals surface area contributed by atoms with Gasteiger partial charge in [-0.25, -0.2) is 4.98 Å². The van der Waals surface area contributed by atoms with E-state index in [1.54, 1.807) is 11.3 Å². The molecule has 2 aromatic rings. The van der Waals surface area contributed by atoms with Gasteiger partial charge >= 0.3 is 0 Å². The number of nitrogens with two attached hydrogens (primary N) is 1. The zero-order chi connectivity index (χ0) is 14.7. The van der Waals surface area contributed by atoms with Crippen LogP contribution < -0.4 is 11.1 Å². The molecule has 0 aliphatic heterocycles. The number of hydrogen-bond donors (Lipinski definition) is 2. The Bertz CT molecular complexity index is 636. The summed E-state index contributed by atoms with van der Waals surface area (Å²) in [6, 6.07) is 0. The number of aromatic nitrogens is 3. The zero-order valence-corrected chi connectivity index (χ0v) is 13.4. The molecule has 7 heteroatoms. The lowest BCUT2D eigenvalue weighted by Gasteiger charge is -2.12. The van der Waals surface area contributed by atoms with Crippen LogP contribution in [-0.4, -0.2) is 26.7 Å². The standard InChI is InChI=1S/C13H17N5S2/c1-7-6-20-10(16-7)4-5-15-13-11(12(14)19)8(2)9(3)17-18-13/h6H,4-5H2,1-3H3,(H2,14,19)(H,15,18). The largest absolute Gasteiger partial charge is 0.389 e. The van der Waals surface area contributed by atoms with Gasteiger partial charge in [0.05, 0.1) is 16.3 Å². The van der Waals surface area contributed by atoms with Crippen LogP contribution in [0, 0.1) is 20.8 Å². The molecule has 0 spiro atoms. The topological polar surface area (TPSA) is 76.7 Å². The Morgan fingerprint density at radius 3 is 2.70 bits per heavy atom. The highest BCUT2D eigenvalue weighted by atomic mass is 32.1. The molecule has 20 heavy (non-hydrogen) atoms. The van der Waals surface area contributed by atoms with Gasteiger partial charge in [0.1, 0.15) is 4.99 Å². The highest BCUT2D eigenvalue weighted by Crippen LogP contribution is 2.18. The number of nitrogens with one attached hydrogen (secondary N) is 1. The molecule has 5 nitrogen and oxygen atoms in total. The van der Waals surface area contributed by atoms with Crippen molar-refractivity contribution in [3.8, 4) is 0 Å². The van der Waals surface area contributed by atoms with Crippen LogP contribution in [0.5, 0.6) is 0 Å². The quantitative estimate of drug-likeness (QED) is 0.824. The van der Waals surface area contributed by atoms with Gasteiger partial charge in [0.2, 0.25) is 0 Å². The molecule has 0 fully saturated rings. The lowest BCUT2D eigenvalue weighted by atomic mass is 10.1. The normalized spacial score (nSPS) is 10.6. The highest BCUT2D eigenvalue weighted by molar-refractivity contribution is 7.80. The Morgan fingerprint density at radius 1 is 1.35 bits per heavy atom. The molecule has 0 saturated heterocycles. The van der Waals surface area contributed by atoms with Gasteiger partial charge in [-0.3, -0.25) is 0 Å². The molecule has 0 atom stereocenters. The molecule has 2 heterocycles. The summed E-state index contributed by atoms with van der Waals surface area (Å²) in [4.78, 5) is 4.76. The van der Waals surface area contributed by atoms with Gasteiger partial charge in [0.15, 0.2) is 5.82 Å². The van der Waals surface area contributed by atoms with E-state index in [4.69, 9.17) is 18.0 Å². The van der Waals surface area contributed by atoms with Gasteiger partial charge in [-0.15, -0.1) is 16.4 Å². The van der Waals surface area contributed by atoms with E-state index in [2.05, 4.69) is 20.5 Å². The maximum atomic E-state index is 5.78. The van der Waals surface area contributed by atoms with E-state index in [9.17, 15) is 0 Å². The lowest BCUT2D eigenvalue weighted by molar-refractivity contribution is 0.923. The molecule has 0 aliphatic rings. The first-order valence-electron chi connectivity index (χ1n) is 6.27. The van der Waals surface area contributed by atoms with Crippen LogP contribution in [0.3, 0.4) is 0 Å². The molecule has 3 N–H and O–H groups in total. The number of nitrogens with zero attached hydrogens (tertiary/aromatic N) is 3. The number of aryl methyl sites for hydroxylation is 2. The van der Waals surface area contributed by atoms with Crippen LogP contribution >= 0.6 is 23.6 Å². The Hall–Kier alpha value is -1.60. The van der Waals surface area contributed by atoms with Crippen LogP contribution in [0.2, 0.25) is 0 Å². The summed E-state index contributed by atoms with van der Waals surface area (Å²) in [7, 11) is 0. The first kappa shape index (κ1) is 14.8. The van der Waals surface area contributed by atoms with Crippen molar-refractivity contribution in [1.29, 1.82) is 0 Å². The van der Waals surface area contributed by atoms with Crippen molar-refractivity contribution in [3.05, 3.63) is 32.9 Å². The van der Waals surface area contributed by atoms with Gasteiger partial charge in [-0.2, -0.15) is 5.10 Å². The molecule has 0 saturated carbocycles. The van der Waals surface area contributed by atoms with Crippen molar-refractivity contribution in [1.82, 2.24) is 15.2 Å². The number of thiazole rings is 1. The van der Waals surface area contributed by atoms with Gasteiger partial charge in [0, 0.05) is 24.0 Å². The van der Waals surface area contributed by atoms with E-state index in [-0.39, 0.29) is 0 Å². The molecule has 0 bridgehead atoms. The average Bonchev–Trinajstić information content (AvgIpc) is 2.79. The van der Waals surface area contributed by atoms with E-state index in [0.29, 0.717) is 10.8 Å². The second-order valence-electron chi connectivity index (χ2n) is 4.56. The van der Waals surface area contributed by atoms with Crippen LogP contribution in [0.15, 0.2) is 5.38 Å². The lowest BCUT2D eigenvalue weighted by Crippen LogP contribution is -2.19. The third-order valence-corrected chi connectivity index (χ3v) is 4.23. The van der Waals surface area contributed by atoms with E-state index in [0.717, 1.165) is 40.5 Å². The molecule has 0 radical (unpaired) electrons. The molecular weight excluding hydrogens is 290 g/mol. The molecule has 0 unspecified atom stereocenters. The highest BCUT2D eigenvalue weighted by Gasteiger charge is 2.13. The fraction of sp³-hybridized carbons (Fsp3) is 0.385. The summed E-state index contributed by atoms with van der Waals surface area (Å²) in [5.74, 6) is 0.647. The predicted molar refractivity (Wildman–Crippen MR) is 86.4 cm³/mol. The van der Waals surface area contributed by atoms with E-state index in [1.165, 1.54) is 0 Å². The van der Waals surface area contributed by atoms with Crippen molar-refractivity contribution in [2.45, 2.75) is 27.2 Å². The molecule has 0 aliphatic carbocycles. The van der Waals surface area contributed by atoms with E-state index in [1.807, 2.05) is 26.2 Å². The first-order chi connectivity index (χ1) is 9.49. The molecule has 0 aromatic carbocycles. The van der Waals surface area contributed by atoms with Crippen molar-refractivity contribution >= 4 is 34.4 Å². The third kappa shape index (κ3) is 3.29. The van der Waals surface area contributed by atoms with Crippen LogP contribution in [-0.2, 0) is 6.42 Å². The Kier molecular flexibility index (Phi) is 4.61. The van der Waals surface area contributed by atoms with Crippen molar-refractivity contribution in [2.24, 2.45) is 5.73 Å². The molecule has 2 rings (SSSR count). The van der Waals surface area contributed by atoms with Gasteiger partial charge in [0.25, 0.3) is 0 Å². The number of thiocarbonyl (C=S) groups is 1. The fourth-order valence-corrected chi connectivity index (χ4v) is 2.86. The maximum Gasteiger partial charge on any atom is 0.159 e. The average molecular weight is 307 g/mol.